The second-order valence-corrected chi connectivity index (χ2v) is 9.95. The van der Waals surface area contributed by atoms with Crippen molar-refractivity contribution < 1.29 is 4.79 Å². The number of carbonyl (C=O) groups is 1. The number of carbonyl (C=O) groups excluding carboxylic acids is 1. The van der Waals surface area contributed by atoms with E-state index in [0.29, 0.717) is 11.5 Å². The summed E-state index contributed by atoms with van der Waals surface area (Å²) in [5.41, 5.74) is 6.65. The number of anilines is 2. The quantitative estimate of drug-likeness (QED) is 0.324. The molecule has 0 radical (unpaired) electrons. The van der Waals surface area contributed by atoms with Gasteiger partial charge in [0.2, 0.25) is 5.91 Å². The van der Waals surface area contributed by atoms with Gasteiger partial charge in [0.25, 0.3) is 0 Å². The van der Waals surface area contributed by atoms with E-state index in [1.54, 1.807) is 18.6 Å². The molecule has 5 aromatic heterocycles. The lowest BCUT2D eigenvalue weighted by Crippen LogP contribution is -2.29. The molecule has 2 aliphatic rings. The minimum absolute atomic E-state index is 0.0639. The molecule has 2 fully saturated rings. The molecule has 0 aromatic carbocycles. The zero-order valence-corrected chi connectivity index (χ0v) is 20.4. The first-order valence-electron chi connectivity index (χ1n) is 12.9. The zero-order chi connectivity index (χ0) is 24.8. The molecule has 0 spiro atoms. The van der Waals surface area contributed by atoms with E-state index in [2.05, 4.69) is 40.3 Å². The molecular formula is C27H27N9O. The van der Waals surface area contributed by atoms with E-state index in [9.17, 15) is 4.79 Å². The van der Waals surface area contributed by atoms with Crippen molar-refractivity contribution >= 4 is 39.2 Å². The normalized spacial score (nSPS) is 16.3. The molecule has 1 saturated carbocycles. The summed E-state index contributed by atoms with van der Waals surface area (Å²) in [7, 11) is 0. The van der Waals surface area contributed by atoms with E-state index in [0.717, 1.165) is 76.9 Å². The Labute approximate surface area is 213 Å². The molecule has 6 heterocycles. The van der Waals surface area contributed by atoms with E-state index >= 15 is 0 Å². The van der Waals surface area contributed by atoms with Crippen LogP contribution in [0.2, 0.25) is 0 Å². The van der Waals surface area contributed by atoms with Crippen molar-refractivity contribution in [3.63, 3.8) is 0 Å². The maximum Gasteiger partial charge on any atom is 0.227 e. The van der Waals surface area contributed by atoms with Crippen molar-refractivity contribution in [1.82, 2.24) is 35.1 Å². The van der Waals surface area contributed by atoms with Crippen LogP contribution in [0.3, 0.4) is 0 Å². The molecule has 1 amide bonds. The lowest BCUT2D eigenvalue weighted by molar-refractivity contribution is -0.122. The van der Waals surface area contributed by atoms with Crippen LogP contribution in [0.4, 0.5) is 11.4 Å². The number of rotatable bonds is 5. The van der Waals surface area contributed by atoms with Crippen molar-refractivity contribution in [3.8, 4) is 22.8 Å². The second-order valence-electron chi connectivity index (χ2n) is 9.95. The Balaban J connectivity index is 1.23. The molecule has 3 N–H and O–H groups in total. The van der Waals surface area contributed by atoms with E-state index < -0.39 is 0 Å². The van der Waals surface area contributed by atoms with Gasteiger partial charge >= 0.3 is 0 Å². The van der Waals surface area contributed by atoms with Gasteiger partial charge in [-0.25, -0.2) is 4.98 Å². The highest BCUT2D eigenvalue weighted by molar-refractivity contribution is 5.97. The Morgan fingerprint density at radius 2 is 1.81 bits per heavy atom. The molecule has 10 nitrogen and oxygen atoms in total. The smallest absolute Gasteiger partial charge is 0.227 e. The van der Waals surface area contributed by atoms with E-state index in [1.807, 2.05) is 24.5 Å². The monoisotopic (exact) mass is 493 g/mol. The molecular weight excluding hydrogens is 466 g/mol. The average Bonchev–Trinajstić information content (AvgIpc) is 3.52. The van der Waals surface area contributed by atoms with Crippen molar-refractivity contribution in [2.75, 3.05) is 23.3 Å². The lowest BCUT2D eigenvalue weighted by atomic mass is 9.85. The maximum absolute atomic E-state index is 12.4. The van der Waals surface area contributed by atoms with Crippen LogP contribution in [-0.2, 0) is 4.79 Å². The second kappa shape index (κ2) is 8.95. The minimum Gasteiger partial charge on any atom is -0.368 e. The van der Waals surface area contributed by atoms with Crippen LogP contribution in [0.15, 0.2) is 43.1 Å². The van der Waals surface area contributed by atoms with Crippen LogP contribution < -0.4 is 10.2 Å². The van der Waals surface area contributed by atoms with Crippen molar-refractivity contribution in [3.05, 3.63) is 43.1 Å². The van der Waals surface area contributed by atoms with Gasteiger partial charge in [-0.15, -0.1) is 0 Å². The summed E-state index contributed by atoms with van der Waals surface area (Å²) >= 11 is 0. The summed E-state index contributed by atoms with van der Waals surface area (Å²) < 4.78 is 0. The Morgan fingerprint density at radius 3 is 2.65 bits per heavy atom. The third kappa shape index (κ3) is 3.98. The Bertz CT molecular complexity index is 1610. The summed E-state index contributed by atoms with van der Waals surface area (Å²) in [6.45, 7) is 2.05. The summed E-state index contributed by atoms with van der Waals surface area (Å²) in [5, 5.41) is 11.5. The largest absolute Gasteiger partial charge is 0.368 e. The van der Waals surface area contributed by atoms with E-state index in [4.69, 9.17) is 4.98 Å². The number of H-pyrrole nitrogens is 2. The highest BCUT2D eigenvalue weighted by Crippen LogP contribution is 2.33. The predicted molar refractivity (Wildman–Crippen MR) is 142 cm³/mol. The summed E-state index contributed by atoms with van der Waals surface area (Å²) in [5.74, 6) is 0.861. The molecule has 37 heavy (non-hydrogen) atoms. The van der Waals surface area contributed by atoms with Gasteiger partial charge in [0, 0.05) is 36.2 Å². The van der Waals surface area contributed by atoms with Gasteiger partial charge in [0.1, 0.15) is 11.2 Å². The van der Waals surface area contributed by atoms with Gasteiger partial charge in [0.15, 0.2) is 5.82 Å². The number of fused-ring (bicyclic) bond motifs is 2. The number of hydrogen-bond acceptors (Lipinski definition) is 7. The van der Waals surface area contributed by atoms with Crippen LogP contribution in [-0.4, -0.2) is 54.1 Å². The molecule has 10 heteroatoms. The number of pyridine rings is 3. The number of hydrogen-bond donors (Lipinski definition) is 3. The molecule has 0 bridgehead atoms. The fourth-order valence-corrected chi connectivity index (χ4v) is 5.22. The Morgan fingerprint density at radius 1 is 0.946 bits per heavy atom. The van der Waals surface area contributed by atoms with E-state index in [-0.39, 0.29) is 11.8 Å². The first-order chi connectivity index (χ1) is 18.2. The standard InChI is InChI=1S/C27H27N9O/c37-27(16-5-4-6-16)31-18-9-17(11-28-12-18)20-10-19-21(14-30-20)34-35-24(19)26-32-22-13-29-15-23(25(22)33-26)36-7-2-1-3-8-36/h9-16H,1-8H2,(H,31,37)(H,32,33)(H,34,35). The fraction of sp³-hybridized carbons (Fsp3) is 0.333. The molecule has 186 valence electrons. The van der Waals surface area contributed by atoms with Gasteiger partial charge in [0.05, 0.1) is 52.9 Å². The van der Waals surface area contributed by atoms with Crippen LogP contribution >= 0.6 is 0 Å². The number of piperidine rings is 1. The third-order valence-corrected chi connectivity index (χ3v) is 7.52. The fourth-order valence-electron chi connectivity index (χ4n) is 5.22. The van der Waals surface area contributed by atoms with E-state index in [1.165, 1.54) is 19.3 Å². The molecule has 5 aromatic rings. The van der Waals surface area contributed by atoms with Gasteiger partial charge in [-0.1, -0.05) is 6.42 Å². The van der Waals surface area contributed by atoms with Crippen LogP contribution in [0.5, 0.6) is 0 Å². The van der Waals surface area contributed by atoms with Crippen molar-refractivity contribution in [1.29, 1.82) is 0 Å². The van der Waals surface area contributed by atoms with Crippen LogP contribution in [0.1, 0.15) is 38.5 Å². The molecule has 0 atom stereocenters. The number of nitrogens with zero attached hydrogens (tertiary/aromatic N) is 6. The minimum atomic E-state index is 0.0639. The lowest BCUT2D eigenvalue weighted by Gasteiger charge is -2.28. The van der Waals surface area contributed by atoms with Crippen LogP contribution in [0, 0.1) is 5.92 Å². The summed E-state index contributed by atoms with van der Waals surface area (Å²) in [4.78, 5) is 36.6. The van der Waals surface area contributed by atoms with Gasteiger partial charge < -0.3 is 15.2 Å². The molecule has 1 aliphatic heterocycles. The number of aromatic nitrogens is 7. The SMILES string of the molecule is O=C(Nc1cncc(-c2cc3c(-c4nc5c(N6CCCCC6)cncc5[nH]4)n[nH]c3cn2)c1)C1CCC1. The van der Waals surface area contributed by atoms with Crippen molar-refractivity contribution in [2.45, 2.75) is 38.5 Å². The highest BCUT2D eigenvalue weighted by atomic mass is 16.1. The zero-order valence-electron chi connectivity index (χ0n) is 20.4. The molecule has 0 unspecified atom stereocenters. The Kier molecular flexibility index (Phi) is 5.30. The number of amides is 1. The first-order valence-corrected chi connectivity index (χ1v) is 12.9. The molecule has 1 saturated heterocycles. The first kappa shape index (κ1) is 21.9. The third-order valence-electron chi connectivity index (χ3n) is 7.52. The topological polar surface area (TPSA) is 128 Å². The van der Waals surface area contributed by atoms with Crippen LogP contribution in [0.25, 0.3) is 44.7 Å². The molecule has 1 aliphatic carbocycles. The molecule has 7 rings (SSSR count). The van der Waals surface area contributed by atoms with Crippen molar-refractivity contribution in [2.24, 2.45) is 5.92 Å². The average molecular weight is 494 g/mol. The summed E-state index contributed by atoms with van der Waals surface area (Å²) in [6, 6.07) is 3.90. The predicted octanol–water partition coefficient (Wildman–Crippen LogP) is 4.69. The number of aromatic amines is 2. The summed E-state index contributed by atoms with van der Waals surface area (Å²) in [6.07, 6.45) is 15.6. The maximum atomic E-state index is 12.4. The Hall–Kier alpha value is -4.34. The van der Waals surface area contributed by atoms with Gasteiger partial charge in [-0.3, -0.25) is 24.8 Å². The highest BCUT2D eigenvalue weighted by Gasteiger charge is 2.25. The number of imidazole rings is 1. The van der Waals surface area contributed by atoms with Gasteiger partial charge in [-0.2, -0.15) is 5.10 Å². The number of nitrogens with one attached hydrogen (secondary N) is 3. The van der Waals surface area contributed by atoms with Gasteiger partial charge in [-0.05, 0) is 44.2 Å².